The Morgan fingerprint density at radius 2 is 1.33 bits per heavy atom. The molecule has 0 radical (unpaired) electrons. The fourth-order valence-electron chi connectivity index (χ4n) is 4.11. The van der Waals surface area contributed by atoms with Crippen molar-refractivity contribution in [3.8, 4) is 0 Å². The molecule has 0 N–H and O–H groups in total. The molecular formula is C25H42SiTi. The van der Waals surface area contributed by atoms with Crippen molar-refractivity contribution >= 4 is 13.3 Å². The Morgan fingerprint density at radius 1 is 0.889 bits per heavy atom. The molecule has 0 aliphatic heterocycles. The third-order valence-electron chi connectivity index (χ3n) is 6.63. The summed E-state index contributed by atoms with van der Waals surface area (Å²) in [6, 6.07) is 8.64. The molecule has 0 aromatic heterocycles. The summed E-state index contributed by atoms with van der Waals surface area (Å²) in [7, 11) is -1.72. The molecule has 0 fully saturated rings. The number of hydrogen-bond donors (Lipinski definition) is 0. The average molecular weight is 419 g/mol. The Kier molecular flexibility index (Phi) is 13.4. The topological polar surface area (TPSA) is 0 Å². The normalized spacial score (nSPS) is 20.4. The van der Waals surface area contributed by atoms with Crippen LogP contribution in [-0.2, 0) is 34.6 Å². The minimum atomic E-state index is -1.72. The SMILES string of the molecule is CCc1cc(CC)cc([Si](C)(CC)C2(C)[C-]=C(C)C(C)=C2C)c1.[CH3-].[CH3-].[CH3-].[Ti+4]. The van der Waals surface area contributed by atoms with Gasteiger partial charge < -0.3 is 22.3 Å². The van der Waals surface area contributed by atoms with Gasteiger partial charge in [0.15, 0.2) is 0 Å². The van der Waals surface area contributed by atoms with Crippen molar-refractivity contribution in [1.82, 2.24) is 0 Å². The van der Waals surface area contributed by atoms with Gasteiger partial charge in [0.25, 0.3) is 0 Å². The summed E-state index contributed by atoms with van der Waals surface area (Å²) in [6.07, 6.45) is 6.15. The van der Waals surface area contributed by atoms with Crippen molar-refractivity contribution in [3.05, 3.63) is 74.4 Å². The van der Waals surface area contributed by atoms with Crippen LogP contribution in [0.2, 0.25) is 17.6 Å². The maximum absolute atomic E-state index is 3.90. The second-order valence-corrected chi connectivity index (χ2v) is 12.5. The first-order valence-corrected chi connectivity index (χ1v) is 11.9. The fourth-order valence-corrected chi connectivity index (χ4v) is 8.29. The van der Waals surface area contributed by atoms with Gasteiger partial charge in [-0.05, 0) is 24.0 Å². The molecule has 0 saturated carbocycles. The molecule has 0 bridgehead atoms. The van der Waals surface area contributed by atoms with Gasteiger partial charge in [-0.1, -0.05) is 82.6 Å². The Bertz CT molecular complexity index is 649. The summed E-state index contributed by atoms with van der Waals surface area (Å²) in [4.78, 5) is 0. The molecule has 1 aliphatic carbocycles. The van der Waals surface area contributed by atoms with E-state index in [0.717, 1.165) is 12.8 Å². The molecule has 1 aromatic rings. The minimum Gasteiger partial charge on any atom is -0.358 e. The van der Waals surface area contributed by atoms with E-state index in [4.69, 9.17) is 0 Å². The second kappa shape index (κ2) is 11.6. The summed E-state index contributed by atoms with van der Waals surface area (Å²) < 4.78 is 0. The monoisotopic (exact) mass is 418 g/mol. The van der Waals surface area contributed by atoms with Crippen molar-refractivity contribution in [2.24, 2.45) is 0 Å². The zero-order chi connectivity index (χ0) is 17.4. The molecule has 0 heterocycles. The summed E-state index contributed by atoms with van der Waals surface area (Å²) >= 11 is 0. The second-order valence-electron chi connectivity index (χ2n) is 7.56. The van der Waals surface area contributed by atoms with Crippen LogP contribution in [0.3, 0.4) is 0 Å². The molecule has 1 aliphatic rings. The smallest absolute Gasteiger partial charge is 0.358 e. The van der Waals surface area contributed by atoms with Crippen LogP contribution in [0.15, 0.2) is 34.9 Å². The summed E-state index contributed by atoms with van der Waals surface area (Å²) in [5.74, 6) is 0. The van der Waals surface area contributed by atoms with E-state index in [1.54, 1.807) is 10.8 Å². The van der Waals surface area contributed by atoms with Gasteiger partial charge in [0.05, 0.1) is 8.07 Å². The van der Waals surface area contributed by atoms with Crippen molar-refractivity contribution < 1.29 is 21.7 Å². The van der Waals surface area contributed by atoms with Gasteiger partial charge in [-0.25, -0.2) is 5.57 Å². The quantitative estimate of drug-likeness (QED) is 0.347. The third kappa shape index (κ3) is 5.17. The largest absolute Gasteiger partial charge is 4.00 e. The van der Waals surface area contributed by atoms with Gasteiger partial charge in [-0.15, -0.1) is 6.92 Å². The third-order valence-corrected chi connectivity index (χ3v) is 12.3. The van der Waals surface area contributed by atoms with Gasteiger partial charge in [-0.2, -0.15) is 11.1 Å². The zero-order valence-corrected chi connectivity index (χ0v) is 22.4. The molecule has 0 nitrogen and oxygen atoms in total. The Morgan fingerprint density at radius 3 is 1.63 bits per heavy atom. The van der Waals surface area contributed by atoms with Gasteiger partial charge in [-0.3, -0.25) is 6.08 Å². The van der Waals surface area contributed by atoms with E-state index in [-0.39, 0.29) is 49.0 Å². The Hall–Kier alpha value is -0.369. The predicted octanol–water partition coefficient (Wildman–Crippen LogP) is 7.33. The molecule has 2 heteroatoms. The number of aryl methyl sites for hydroxylation is 2. The molecule has 0 amide bonds. The average Bonchev–Trinajstić information content (AvgIpc) is 2.77. The van der Waals surface area contributed by atoms with E-state index >= 15 is 0 Å². The fraction of sp³-hybridized carbons (Fsp3) is 0.480. The van der Waals surface area contributed by atoms with Crippen molar-refractivity contribution in [3.63, 3.8) is 0 Å². The molecule has 2 atom stereocenters. The number of benzene rings is 1. The van der Waals surface area contributed by atoms with Crippen LogP contribution in [0.25, 0.3) is 0 Å². The van der Waals surface area contributed by atoms with Crippen LogP contribution in [0, 0.1) is 28.4 Å². The van der Waals surface area contributed by atoms with Gasteiger partial charge >= 0.3 is 21.7 Å². The number of rotatable bonds is 5. The van der Waals surface area contributed by atoms with E-state index in [1.165, 1.54) is 28.3 Å². The van der Waals surface area contributed by atoms with Crippen molar-refractivity contribution in [2.75, 3.05) is 0 Å². The van der Waals surface area contributed by atoms with Crippen LogP contribution in [0.1, 0.15) is 59.6 Å². The summed E-state index contributed by atoms with van der Waals surface area (Å²) in [5.41, 5.74) is 7.35. The first kappa shape index (κ1) is 31.3. The summed E-state index contributed by atoms with van der Waals surface area (Å²) in [6.45, 7) is 18.8. The van der Waals surface area contributed by atoms with E-state index < -0.39 is 8.07 Å². The first-order valence-electron chi connectivity index (χ1n) is 9.16. The molecule has 0 saturated heterocycles. The van der Waals surface area contributed by atoms with E-state index in [0.29, 0.717) is 0 Å². The molecule has 1 aromatic carbocycles. The maximum atomic E-state index is 3.90. The molecule has 0 spiro atoms. The molecule has 2 rings (SSSR count). The molecule has 2 unspecified atom stereocenters. The van der Waals surface area contributed by atoms with E-state index in [2.05, 4.69) is 79.3 Å². The van der Waals surface area contributed by atoms with E-state index in [1.807, 2.05) is 0 Å². The number of hydrogen-bond acceptors (Lipinski definition) is 0. The van der Waals surface area contributed by atoms with Crippen LogP contribution in [0.4, 0.5) is 0 Å². The summed E-state index contributed by atoms with van der Waals surface area (Å²) in [5, 5.41) is 1.74. The minimum absolute atomic E-state index is 0. The van der Waals surface area contributed by atoms with Crippen LogP contribution >= 0.6 is 0 Å². The Balaban J connectivity index is -0.00000144. The van der Waals surface area contributed by atoms with Crippen LogP contribution in [-0.4, -0.2) is 8.07 Å². The van der Waals surface area contributed by atoms with E-state index in [9.17, 15) is 0 Å². The van der Waals surface area contributed by atoms with Crippen LogP contribution in [0.5, 0.6) is 0 Å². The maximum Gasteiger partial charge on any atom is 4.00 e. The van der Waals surface area contributed by atoms with Crippen molar-refractivity contribution in [2.45, 2.75) is 78.9 Å². The van der Waals surface area contributed by atoms with Crippen molar-refractivity contribution in [1.29, 1.82) is 0 Å². The van der Waals surface area contributed by atoms with Gasteiger partial charge in [0.1, 0.15) is 0 Å². The molecule has 150 valence electrons. The zero-order valence-electron chi connectivity index (χ0n) is 19.9. The first-order chi connectivity index (χ1) is 10.7. The Labute approximate surface area is 187 Å². The predicted molar refractivity (Wildman–Crippen MR) is 125 cm³/mol. The number of allylic oxidation sites excluding steroid dienone is 4. The van der Waals surface area contributed by atoms with Gasteiger partial charge in [0, 0.05) is 0 Å². The molecule has 27 heavy (non-hydrogen) atoms. The van der Waals surface area contributed by atoms with Gasteiger partial charge in [0.2, 0.25) is 0 Å². The molecular weight excluding hydrogens is 376 g/mol. The van der Waals surface area contributed by atoms with Crippen LogP contribution < -0.4 is 5.19 Å². The standard InChI is InChI=1S/C22H33Si.3CH3.Ti/c1-9-19-12-20(10-2)14-21(13-19)23(8,11-3)22(7)15-16(4)17(5)18(22)6;;;;/h12-14H,9-11H2,1-8H3;3*1H3;/q4*-1;+4.